The molecule has 1 saturated carbocycles. The van der Waals surface area contributed by atoms with Crippen LogP contribution >= 0.6 is 0 Å². The zero-order valence-corrected chi connectivity index (χ0v) is 11.6. The predicted molar refractivity (Wildman–Crippen MR) is 77.1 cm³/mol. The van der Waals surface area contributed by atoms with Gasteiger partial charge in [-0.1, -0.05) is 30.7 Å². The topological polar surface area (TPSA) is 29.9 Å². The molecule has 1 unspecified atom stereocenters. The summed E-state index contributed by atoms with van der Waals surface area (Å²) in [5, 5.41) is 3.35. The second-order valence-electron chi connectivity index (χ2n) is 5.41. The number of imidazole rings is 1. The lowest BCUT2D eigenvalue weighted by atomic mass is 9.80. The molecule has 3 rings (SSSR count). The Morgan fingerprint density at radius 2 is 2.00 bits per heavy atom. The van der Waals surface area contributed by atoms with Gasteiger partial charge in [0.15, 0.2) is 0 Å². The van der Waals surface area contributed by atoms with Crippen LogP contribution in [0.15, 0.2) is 36.7 Å². The molecule has 1 aromatic heterocycles. The number of aryl methyl sites for hydroxylation is 1. The Hall–Kier alpha value is -1.61. The molecular weight excluding hydrogens is 234 g/mol. The van der Waals surface area contributed by atoms with Crippen LogP contribution in [0.4, 0.5) is 0 Å². The molecule has 3 heteroatoms. The summed E-state index contributed by atoms with van der Waals surface area (Å²) in [4.78, 5) is 4.45. The van der Waals surface area contributed by atoms with E-state index in [-0.39, 0.29) is 6.04 Å². The van der Waals surface area contributed by atoms with Gasteiger partial charge in [0.25, 0.3) is 0 Å². The van der Waals surface area contributed by atoms with E-state index in [9.17, 15) is 0 Å². The van der Waals surface area contributed by atoms with Crippen molar-refractivity contribution in [1.82, 2.24) is 14.9 Å². The maximum atomic E-state index is 4.45. The van der Waals surface area contributed by atoms with Gasteiger partial charge in [-0.15, -0.1) is 0 Å². The zero-order valence-electron chi connectivity index (χ0n) is 11.6. The van der Waals surface area contributed by atoms with Gasteiger partial charge in [-0.25, -0.2) is 4.98 Å². The molecule has 1 aliphatic rings. The van der Waals surface area contributed by atoms with Crippen LogP contribution in [-0.4, -0.2) is 16.6 Å². The second kappa shape index (κ2) is 5.17. The van der Waals surface area contributed by atoms with Crippen molar-refractivity contribution in [2.75, 3.05) is 7.05 Å². The molecule has 1 heterocycles. The smallest absolute Gasteiger partial charge is 0.130 e. The lowest BCUT2D eigenvalue weighted by Gasteiger charge is -2.26. The minimum Gasteiger partial charge on any atom is -0.336 e. The fourth-order valence-corrected chi connectivity index (χ4v) is 2.80. The summed E-state index contributed by atoms with van der Waals surface area (Å²) in [6.45, 7) is 0. The van der Waals surface area contributed by atoms with Crippen molar-refractivity contribution < 1.29 is 0 Å². The van der Waals surface area contributed by atoms with E-state index < -0.39 is 0 Å². The SMILES string of the molecule is CNC(c1ccc(C2CCC2)cc1)c1nccn1C. The van der Waals surface area contributed by atoms with Crippen LogP contribution in [0.1, 0.15) is 48.2 Å². The molecule has 0 bridgehead atoms. The van der Waals surface area contributed by atoms with Gasteiger partial charge < -0.3 is 9.88 Å². The molecule has 0 spiro atoms. The van der Waals surface area contributed by atoms with Gasteiger partial charge in [-0.3, -0.25) is 0 Å². The summed E-state index contributed by atoms with van der Waals surface area (Å²) in [6.07, 6.45) is 7.94. The van der Waals surface area contributed by atoms with Gasteiger partial charge in [0.1, 0.15) is 5.82 Å². The van der Waals surface area contributed by atoms with Crippen molar-refractivity contribution in [2.45, 2.75) is 31.2 Å². The molecule has 1 N–H and O–H groups in total. The Morgan fingerprint density at radius 1 is 1.26 bits per heavy atom. The minimum atomic E-state index is 0.162. The number of rotatable bonds is 4. The van der Waals surface area contributed by atoms with Crippen LogP contribution in [0.5, 0.6) is 0 Å². The van der Waals surface area contributed by atoms with Crippen molar-refractivity contribution in [1.29, 1.82) is 0 Å². The first kappa shape index (κ1) is 12.4. The van der Waals surface area contributed by atoms with Crippen LogP contribution < -0.4 is 5.32 Å². The first-order chi connectivity index (χ1) is 9.29. The maximum absolute atomic E-state index is 4.45. The Labute approximate surface area is 114 Å². The molecular formula is C16H21N3. The number of nitrogens with zero attached hydrogens (tertiary/aromatic N) is 2. The highest BCUT2D eigenvalue weighted by atomic mass is 15.1. The molecule has 0 aliphatic heterocycles. The molecule has 0 saturated heterocycles. The van der Waals surface area contributed by atoms with Crippen molar-refractivity contribution in [3.05, 3.63) is 53.6 Å². The number of benzene rings is 1. The van der Waals surface area contributed by atoms with Gasteiger partial charge >= 0.3 is 0 Å². The Kier molecular flexibility index (Phi) is 3.38. The Bertz CT molecular complexity index is 537. The highest BCUT2D eigenvalue weighted by Crippen LogP contribution is 2.36. The van der Waals surface area contributed by atoms with Crippen LogP contribution in [0.25, 0.3) is 0 Å². The van der Waals surface area contributed by atoms with Gasteiger partial charge in [-0.2, -0.15) is 0 Å². The van der Waals surface area contributed by atoms with Crippen LogP contribution in [-0.2, 0) is 7.05 Å². The van der Waals surface area contributed by atoms with Crippen LogP contribution in [0.3, 0.4) is 0 Å². The Balaban J connectivity index is 1.85. The number of nitrogens with one attached hydrogen (secondary N) is 1. The number of hydrogen-bond acceptors (Lipinski definition) is 2. The normalized spacial score (nSPS) is 17.2. The van der Waals surface area contributed by atoms with Crippen molar-refractivity contribution in [2.24, 2.45) is 7.05 Å². The molecule has 100 valence electrons. The summed E-state index contributed by atoms with van der Waals surface area (Å²) in [6, 6.07) is 9.21. The third-order valence-corrected chi connectivity index (χ3v) is 4.25. The van der Waals surface area contributed by atoms with E-state index in [0.29, 0.717) is 0 Å². The van der Waals surface area contributed by atoms with E-state index in [1.807, 2.05) is 26.5 Å². The van der Waals surface area contributed by atoms with E-state index in [0.717, 1.165) is 11.7 Å². The van der Waals surface area contributed by atoms with E-state index in [2.05, 4.69) is 39.1 Å². The largest absolute Gasteiger partial charge is 0.336 e. The highest BCUT2D eigenvalue weighted by Gasteiger charge is 2.20. The lowest BCUT2D eigenvalue weighted by Crippen LogP contribution is -2.21. The monoisotopic (exact) mass is 255 g/mol. The highest BCUT2D eigenvalue weighted by molar-refractivity contribution is 5.31. The van der Waals surface area contributed by atoms with Crippen LogP contribution in [0, 0.1) is 0 Å². The molecule has 0 amide bonds. The standard InChI is InChI=1S/C16H21N3/c1-17-15(16-18-10-11-19(16)2)14-8-6-13(7-9-14)12-4-3-5-12/h6-12,15,17H,3-5H2,1-2H3. The van der Waals surface area contributed by atoms with E-state index >= 15 is 0 Å². The summed E-state index contributed by atoms with van der Waals surface area (Å²) in [7, 11) is 4.02. The molecule has 0 radical (unpaired) electrons. The van der Waals surface area contributed by atoms with E-state index in [1.165, 1.54) is 30.4 Å². The third kappa shape index (κ3) is 2.30. The lowest BCUT2D eigenvalue weighted by molar-refractivity contribution is 0.419. The number of hydrogen-bond donors (Lipinski definition) is 1. The Morgan fingerprint density at radius 3 is 2.47 bits per heavy atom. The first-order valence-electron chi connectivity index (χ1n) is 7.04. The summed E-state index contributed by atoms with van der Waals surface area (Å²) in [5.74, 6) is 1.86. The maximum Gasteiger partial charge on any atom is 0.130 e. The molecule has 19 heavy (non-hydrogen) atoms. The molecule has 2 aromatic rings. The molecule has 1 atom stereocenters. The average molecular weight is 255 g/mol. The quantitative estimate of drug-likeness (QED) is 0.910. The first-order valence-corrected chi connectivity index (χ1v) is 7.04. The third-order valence-electron chi connectivity index (χ3n) is 4.25. The molecule has 1 aliphatic carbocycles. The summed E-state index contributed by atoms with van der Waals surface area (Å²) >= 11 is 0. The number of aromatic nitrogens is 2. The molecule has 3 nitrogen and oxygen atoms in total. The van der Waals surface area contributed by atoms with Gasteiger partial charge in [0.05, 0.1) is 6.04 Å². The van der Waals surface area contributed by atoms with Gasteiger partial charge in [-0.05, 0) is 36.9 Å². The van der Waals surface area contributed by atoms with E-state index in [4.69, 9.17) is 0 Å². The fourth-order valence-electron chi connectivity index (χ4n) is 2.80. The van der Waals surface area contributed by atoms with Gasteiger partial charge in [0.2, 0.25) is 0 Å². The molecule has 1 aromatic carbocycles. The van der Waals surface area contributed by atoms with Crippen molar-refractivity contribution >= 4 is 0 Å². The fraction of sp³-hybridized carbons (Fsp3) is 0.438. The van der Waals surface area contributed by atoms with Crippen molar-refractivity contribution in [3.8, 4) is 0 Å². The summed E-state index contributed by atoms with van der Waals surface area (Å²) in [5.41, 5.74) is 2.77. The average Bonchev–Trinajstić information content (AvgIpc) is 2.77. The van der Waals surface area contributed by atoms with Crippen LogP contribution in [0.2, 0.25) is 0 Å². The van der Waals surface area contributed by atoms with Crippen molar-refractivity contribution in [3.63, 3.8) is 0 Å². The van der Waals surface area contributed by atoms with Gasteiger partial charge in [0, 0.05) is 19.4 Å². The molecule has 1 fully saturated rings. The minimum absolute atomic E-state index is 0.162. The second-order valence-corrected chi connectivity index (χ2v) is 5.41. The zero-order chi connectivity index (χ0) is 13.2. The predicted octanol–water partition coefficient (Wildman–Crippen LogP) is 3.00. The summed E-state index contributed by atoms with van der Waals surface area (Å²) < 4.78 is 2.07. The van der Waals surface area contributed by atoms with E-state index in [1.54, 1.807) is 0 Å².